The number of nitrogens with zero attached hydrogens (tertiary/aromatic N) is 2. The number of aromatic nitrogens is 1. The maximum Gasteiger partial charge on any atom is 0.231 e. The largest absolute Gasteiger partial charge is 0.494 e. The van der Waals surface area contributed by atoms with Gasteiger partial charge in [0.15, 0.2) is 17.2 Å². The Hall–Kier alpha value is -2.74. The number of benzene rings is 1. The topological polar surface area (TPSA) is 64.4 Å². The first-order valence-electron chi connectivity index (χ1n) is 5.66. The second-order valence-electron chi connectivity index (χ2n) is 3.95. The van der Waals surface area contributed by atoms with Gasteiger partial charge in [-0.05, 0) is 24.3 Å². The van der Waals surface area contributed by atoms with E-state index in [1.54, 1.807) is 12.3 Å². The number of hydrogen-bond donors (Lipinski definition) is 0. The lowest BCUT2D eigenvalue weighted by atomic mass is 10.1. The number of rotatable bonds is 2. The van der Waals surface area contributed by atoms with Crippen molar-refractivity contribution in [2.45, 2.75) is 0 Å². The Morgan fingerprint density at radius 2 is 2.11 bits per heavy atom. The quantitative estimate of drug-likeness (QED) is 0.823. The van der Waals surface area contributed by atoms with Crippen LogP contribution in [0.5, 0.6) is 17.2 Å². The lowest BCUT2D eigenvalue weighted by Crippen LogP contribution is -1.93. The number of pyridine rings is 1. The maximum atomic E-state index is 9.07. The SMILES string of the molecule is COc1cnc(-c2ccc3c(c2)OCO3)cc1C#N. The zero-order valence-electron chi connectivity index (χ0n) is 10.2. The summed E-state index contributed by atoms with van der Waals surface area (Å²) in [5.41, 5.74) is 2.00. The van der Waals surface area contributed by atoms with E-state index in [0.717, 1.165) is 11.3 Å². The maximum absolute atomic E-state index is 9.07. The molecular formula is C14H10N2O3. The molecule has 0 fully saturated rings. The van der Waals surface area contributed by atoms with Crippen LogP contribution < -0.4 is 14.2 Å². The predicted molar refractivity (Wildman–Crippen MR) is 67.1 cm³/mol. The molecule has 2 aromatic rings. The number of fused-ring (bicyclic) bond motifs is 1. The molecule has 0 radical (unpaired) electrons. The molecule has 0 N–H and O–H groups in total. The summed E-state index contributed by atoms with van der Waals surface area (Å²) in [5, 5.41) is 9.07. The van der Waals surface area contributed by atoms with Crippen LogP contribution in [-0.2, 0) is 0 Å². The summed E-state index contributed by atoms with van der Waals surface area (Å²) in [5.74, 6) is 1.87. The number of methoxy groups -OCH3 is 1. The van der Waals surface area contributed by atoms with Gasteiger partial charge in [0.1, 0.15) is 6.07 Å². The summed E-state index contributed by atoms with van der Waals surface area (Å²) in [6.07, 6.45) is 1.54. The zero-order valence-corrected chi connectivity index (χ0v) is 10.2. The van der Waals surface area contributed by atoms with Crippen LogP contribution in [0.1, 0.15) is 5.56 Å². The van der Waals surface area contributed by atoms with Gasteiger partial charge in [-0.25, -0.2) is 0 Å². The second kappa shape index (κ2) is 4.50. The highest BCUT2D eigenvalue weighted by atomic mass is 16.7. The van der Waals surface area contributed by atoms with Gasteiger partial charge in [-0.1, -0.05) is 0 Å². The summed E-state index contributed by atoms with van der Waals surface area (Å²) >= 11 is 0. The average molecular weight is 254 g/mol. The van der Waals surface area contributed by atoms with E-state index in [1.807, 2.05) is 18.2 Å². The molecule has 0 amide bonds. The van der Waals surface area contributed by atoms with Crippen molar-refractivity contribution in [3.05, 3.63) is 36.0 Å². The Kier molecular flexibility index (Phi) is 2.69. The monoisotopic (exact) mass is 254 g/mol. The standard InChI is InChI=1S/C14H10N2O3/c1-17-14-7-16-11(4-10(14)6-15)9-2-3-12-13(5-9)19-8-18-12/h2-5,7H,8H2,1H3. The minimum Gasteiger partial charge on any atom is -0.494 e. The van der Waals surface area contributed by atoms with Gasteiger partial charge in [-0.2, -0.15) is 5.26 Å². The van der Waals surface area contributed by atoms with Crippen molar-refractivity contribution < 1.29 is 14.2 Å². The van der Waals surface area contributed by atoms with E-state index in [1.165, 1.54) is 7.11 Å². The fraction of sp³-hybridized carbons (Fsp3) is 0.143. The summed E-state index contributed by atoms with van der Waals surface area (Å²) in [6.45, 7) is 0.234. The van der Waals surface area contributed by atoms with Gasteiger partial charge >= 0.3 is 0 Å². The van der Waals surface area contributed by atoms with E-state index in [0.29, 0.717) is 22.8 Å². The van der Waals surface area contributed by atoms with Gasteiger partial charge in [-0.3, -0.25) is 4.98 Å². The third-order valence-electron chi connectivity index (χ3n) is 2.88. The molecular weight excluding hydrogens is 244 g/mol. The minimum atomic E-state index is 0.234. The molecule has 1 aliphatic rings. The highest BCUT2D eigenvalue weighted by Gasteiger charge is 2.15. The highest BCUT2D eigenvalue weighted by Crippen LogP contribution is 2.35. The second-order valence-corrected chi connectivity index (χ2v) is 3.95. The Morgan fingerprint density at radius 3 is 2.89 bits per heavy atom. The molecule has 1 aromatic heterocycles. The molecule has 1 aliphatic heterocycles. The molecule has 2 heterocycles. The van der Waals surface area contributed by atoms with Crippen molar-refractivity contribution in [2.75, 3.05) is 13.9 Å². The highest BCUT2D eigenvalue weighted by molar-refractivity contribution is 5.66. The Morgan fingerprint density at radius 1 is 1.26 bits per heavy atom. The van der Waals surface area contributed by atoms with E-state index >= 15 is 0 Å². The molecule has 0 unspecified atom stereocenters. The zero-order chi connectivity index (χ0) is 13.2. The first-order valence-corrected chi connectivity index (χ1v) is 5.66. The van der Waals surface area contributed by atoms with Crippen molar-refractivity contribution in [3.8, 4) is 34.6 Å². The number of nitriles is 1. The molecule has 0 atom stereocenters. The van der Waals surface area contributed by atoms with Crippen LogP contribution in [0, 0.1) is 11.3 Å². The van der Waals surface area contributed by atoms with Gasteiger partial charge in [0.25, 0.3) is 0 Å². The van der Waals surface area contributed by atoms with Crippen LogP contribution in [0.25, 0.3) is 11.3 Å². The third-order valence-corrected chi connectivity index (χ3v) is 2.88. The summed E-state index contributed by atoms with van der Waals surface area (Å²) in [7, 11) is 1.51. The Balaban J connectivity index is 2.05. The van der Waals surface area contributed by atoms with Crippen molar-refractivity contribution in [1.29, 1.82) is 5.26 Å². The molecule has 5 nitrogen and oxygen atoms in total. The summed E-state index contributed by atoms with van der Waals surface area (Å²) < 4.78 is 15.6. The van der Waals surface area contributed by atoms with Crippen LogP contribution >= 0.6 is 0 Å². The van der Waals surface area contributed by atoms with Gasteiger partial charge in [0.2, 0.25) is 6.79 Å². The van der Waals surface area contributed by atoms with E-state index in [4.69, 9.17) is 19.5 Å². The molecule has 5 heteroatoms. The average Bonchev–Trinajstić information content (AvgIpc) is 2.93. The smallest absolute Gasteiger partial charge is 0.231 e. The molecule has 0 saturated carbocycles. The van der Waals surface area contributed by atoms with E-state index < -0.39 is 0 Å². The van der Waals surface area contributed by atoms with Gasteiger partial charge in [0.05, 0.1) is 24.6 Å². The molecule has 0 bridgehead atoms. The summed E-state index contributed by atoms with van der Waals surface area (Å²) in [6, 6.07) is 9.33. The molecule has 19 heavy (non-hydrogen) atoms. The van der Waals surface area contributed by atoms with E-state index in [2.05, 4.69) is 11.1 Å². The van der Waals surface area contributed by atoms with Crippen molar-refractivity contribution in [2.24, 2.45) is 0 Å². The molecule has 0 spiro atoms. The first kappa shape index (κ1) is 11.4. The first-order chi connectivity index (χ1) is 9.31. The van der Waals surface area contributed by atoms with E-state index in [-0.39, 0.29) is 6.79 Å². The van der Waals surface area contributed by atoms with E-state index in [9.17, 15) is 0 Å². The van der Waals surface area contributed by atoms with Crippen LogP contribution in [-0.4, -0.2) is 18.9 Å². The minimum absolute atomic E-state index is 0.234. The molecule has 94 valence electrons. The van der Waals surface area contributed by atoms with Crippen LogP contribution in [0.15, 0.2) is 30.5 Å². The van der Waals surface area contributed by atoms with Crippen molar-refractivity contribution in [1.82, 2.24) is 4.98 Å². The van der Waals surface area contributed by atoms with Gasteiger partial charge in [0, 0.05) is 5.56 Å². The Labute approximate surface area is 110 Å². The normalized spacial score (nSPS) is 12.0. The Bertz CT molecular complexity index is 677. The van der Waals surface area contributed by atoms with Crippen molar-refractivity contribution in [3.63, 3.8) is 0 Å². The fourth-order valence-corrected chi connectivity index (χ4v) is 1.91. The third kappa shape index (κ3) is 1.93. The van der Waals surface area contributed by atoms with Crippen LogP contribution in [0.3, 0.4) is 0 Å². The fourth-order valence-electron chi connectivity index (χ4n) is 1.91. The lowest BCUT2D eigenvalue weighted by molar-refractivity contribution is 0.174. The number of hydrogen-bond acceptors (Lipinski definition) is 5. The molecule has 1 aromatic carbocycles. The molecule has 0 saturated heterocycles. The van der Waals surface area contributed by atoms with Crippen LogP contribution in [0.4, 0.5) is 0 Å². The van der Waals surface area contributed by atoms with Gasteiger partial charge in [-0.15, -0.1) is 0 Å². The van der Waals surface area contributed by atoms with Gasteiger partial charge < -0.3 is 14.2 Å². The van der Waals surface area contributed by atoms with Crippen molar-refractivity contribution >= 4 is 0 Å². The van der Waals surface area contributed by atoms with Crippen LogP contribution in [0.2, 0.25) is 0 Å². The number of ether oxygens (including phenoxy) is 3. The molecule has 0 aliphatic carbocycles. The lowest BCUT2D eigenvalue weighted by Gasteiger charge is -2.06. The summed E-state index contributed by atoms with van der Waals surface area (Å²) in [4.78, 5) is 4.28. The predicted octanol–water partition coefficient (Wildman–Crippen LogP) is 2.36. The molecule has 3 rings (SSSR count).